The maximum atomic E-state index is 13.3. The van der Waals surface area contributed by atoms with E-state index in [0.29, 0.717) is 36.8 Å². The van der Waals surface area contributed by atoms with Gasteiger partial charge in [-0.15, -0.1) is 0 Å². The number of imidazole rings is 1. The van der Waals surface area contributed by atoms with Gasteiger partial charge in [0.1, 0.15) is 5.75 Å². The van der Waals surface area contributed by atoms with Gasteiger partial charge in [-0.2, -0.15) is 4.98 Å². The third-order valence-corrected chi connectivity index (χ3v) is 5.64. The summed E-state index contributed by atoms with van der Waals surface area (Å²) in [4.78, 5) is 33.0. The van der Waals surface area contributed by atoms with Crippen molar-refractivity contribution in [2.45, 2.75) is 20.0 Å². The van der Waals surface area contributed by atoms with Crippen molar-refractivity contribution in [1.29, 1.82) is 0 Å². The molecule has 8 nitrogen and oxygen atoms in total. The second-order valence-corrected chi connectivity index (χ2v) is 7.53. The Hall–Kier alpha value is -3.81. The van der Waals surface area contributed by atoms with Gasteiger partial charge >= 0.3 is 5.69 Å². The van der Waals surface area contributed by atoms with Crippen LogP contribution in [0.25, 0.3) is 11.2 Å². The fraction of sp³-hybridized carbons (Fsp3) is 0.261. The molecule has 2 aromatic carbocycles. The summed E-state index contributed by atoms with van der Waals surface area (Å²) in [7, 11) is 1.66. The molecule has 0 radical (unpaired) electrons. The van der Waals surface area contributed by atoms with Crippen molar-refractivity contribution in [1.82, 2.24) is 18.7 Å². The van der Waals surface area contributed by atoms with Crippen molar-refractivity contribution in [3.8, 4) is 5.75 Å². The Balaban J connectivity index is 1.61. The second-order valence-electron chi connectivity index (χ2n) is 7.53. The lowest BCUT2D eigenvalue weighted by molar-refractivity contribution is 0.340. The van der Waals surface area contributed by atoms with Gasteiger partial charge in [-0.1, -0.05) is 30.3 Å². The number of hydrogen-bond acceptors (Lipinski definition) is 5. The lowest BCUT2D eigenvalue weighted by Gasteiger charge is -2.16. The Morgan fingerprint density at radius 3 is 2.45 bits per heavy atom. The van der Waals surface area contributed by atoms with Crippen molar-refractivity contribution in [3.63, 3.8) is 0 Å². The number of hydrogen-bond donors (Lipinski definition) is 0. The van der Waals surface area contributed by atoms with Crippen LogP contribution in [-0.2, 0) is 20.1 Å². The molecule has 0 unspecified atom stereocenters. The number of nitrogens with zero attached hydrogens (tertiary/aromatic N) is 5. The maximum Gasteiger partial charge on any atom is 0.332 e. The minimum atomic E-state index is -0.370. The summed E-state index contributed by atoms with van der Waals surface area (Å²) in [5.74, 6) is 1.48. The van der Waals surface area contributed by atoms with Gasteiger partial charge in [0.25, 0.3) is 5.56 Å². The van der Waals surface area contributed by atoms with E-state index in [1.54, 1.807) is 7.05 Å². The van der Waals surface area contributed by atoms with E-state index in [1.165, 1.54) is 9.13 Å². The molecule has 0 N–H and O–H groups in total. The Kier molecular flexibility index (Phi) is 4.62. The second kappa shape index (κ2) is 7.46. The fourth-order valence-electron chi connectivity index (χ4n) is 4.12. The highest BCUT2D eigenvalue weighted by molar-refractivity contribution is 5.77. The molecular weight excluding hydrogens is 394 g/mol. The van der Waals surface area contributed by atoms with Crippen LogP contribution in [0.2, 0.25) is 0 Å². The molecule has 5 rings (SSSR count). The van der Waals surface area contributed by atoms with Crippen LogP contribution in [0.1, 0.15) is 12.5 Å². The molecule has 0 amide bonds. The summed E-state index contributed by atoms with van der Waals surface area (Å²) < 4.78 is 10.2. The molecule has 0 fully saturated rings. The molecule has 31 heavy (non-hydrogen) atoms. The van der Waals surface area contributed by atoms with E-state index in [0.717, 1.165) is 17.0 Å². The molecule has 0 bridgehead atoms. The molecule has 1 aliphatic heterocycles. The van der Waals surface area contributed by atoms with Crippen molar-refractivity contribution in [2.24, 2.45) is 7.05 Å². The molecular formula is C23H23N5O3. The molecule has 0 saturated carbocycles. The third kappa shape index (κ3) is 3.11. The first-order valence-electron chi connectivity index (χ1n) is 10.3. The zero-order valence-corrected chi connectivity index (χ0v) is 17.5. The zero-order valence-electron chi connectivity index (χ0n) is 17.5. The Morgan fingerprint density at radius 1 is 1.00 bits per heavy atom. The minimum Gasteiger partial charge on any atom is -0.494 e. The van der Waals surface area contributed by atoms with E-state index in [9.17, 15) is 9.59 Å². The first-order valence-corrected chi connectivity index (χ1v) is 10.3. The molecule has 4 aromatic rings. The standard InChI is InChI=1S/C23H23N5O3/c1-3-31-18-11-9-17(10-12-18)26-13-14-27-19-20(24-22(26)27)25(2)23(30)28(21(19)29)15-16-7-5-4-6-8-16/h4-12H,3,13-15H2,1-2H3. The molecule has 0 atom stereocenters. The molecule has 0 aliphatic carbocycles. The number of fused-ring (bicyclic) bond motifs is 3. The van der Waals surface area contributed by atoms with Crippen LogP contribution in [-0.4, -0.2) is 31.8 Å². The van der Waals surface area contributed by atoms with Crippen molar-refractivity contribution < 1.29 is 4.74 Å². The normalized spacial score (nSPS) is 13.0. The van der Waals surface area contributed by atoms with Crippen LogP contribution < -0.4 is 20.9 Å². The maximum absolute atomic E-state index is 13.3. The molecule has 158 valence electrons. The smallest absolute Gasteiger partial charge is 0.332 e. The fourth-order valence-corrected chi connectivity index (χ4v) is 4.12. The van der Waals surface area contributed by atoms with Gasteiger partial charge in [-0.3, -0.25) is 13.9 Å². The first kappa shape index (κ1) is 19.2. The van der Waals surface area contributed by atoms with E-state index in [1.807, 2.05) is 66.1 Å². The summed E-state index contributed by atoms with van der Waals surface area (Å²) in [5, 5.41) is 0. The van der Waals surface area contributed by atoms with Crippen LogP contribution in [0.4, 0.5) is 11.6 Å². The predicted molar refractivity (Wildman–Crippen MR) is 119 cm³/mol. The van der Waals surface area contributed by atoms with Crippen LogP contribution in [0.15, 0.2) is 64.2 Å². The lowest BCUT2D eigenvalue weighted by Crippen LogP contribution is -2.40. The topological polar surface area (TPSA) is 74.3 Å². The van der Waals surface area contributed by atoms with Crippen molar-refractivity contribution >= 4 is 22.8 Å². The van der Waals surface area contributed by atoms with Crippen LogP contribution >= 0.6 is 0 Å². The van der Waals surface area contributed by atoms with Gasteiger partial charge in [0.2, 0.25) is 5.95 Å². The quantitative estimate of drug-likeness (QED) is 0.499. The molecule has 0 saturated heterocycles. The predicted octanol–water partition coefficient (Wildman–Crippen LogP) is 2.50. The number of anilines is 2. The Morgan fingerprint density at radius 2 is 1.74 bits per heavy atom. The van der Waals surface area contributed by atoms with Gasteiger partial charge in [-0.25, -0.2) is 4.79 Å². The molecule has 8 heteroatoms. The van der Waals surface area contributed by atoms with E-state index < -0.39 is 0 Å². The lowest BCUT2D eigenvalue weighted by atomic mass is 10.2. The van der Waals surface area contributed by atoms with E-state index in [-0.39, 0.29) is 17.8 Å². The average Bonchev–Trinajstić information content (AvgIpc) is 3.36. The van der Waals surface area contributed by atoms with E-state index >= 15 is 0 Å². The monoisotopic (exact) mass is 417 g/mol. The number of rotatable bonds is 5. The van der Waals surface area contributed by atoms with Gasteiger partial charge in [0.05, 0.1) is 13.2 Å². The summed E-state index contributed by atoms with van der Waals surface area (Å²) >= 11 is 0. The minimum absolute atomic E-state index is 0.228. The number of ether oxygens (including phenoxy) is 1. The third-order valence-electron chi connectivity index (χ3n) is 5.64. The van der Waals surface area contributed by atoms with Gasteiger partial charge < -0.3 is 14.2 Å². The highest BCUT2D eigenvalue weighted by atomic mass is 16.5. The summed E-state index contributed by atoms with van der Waals surface area (Å²) in [6.07, 6.45) is 0. The van der Waals surface area contributed by atoms with Gasteiger partial charge in [0, 0.05) is 25.8 Å². The molecule has 0 spiro atoms. The number of benzene rings is 2. The average molecular weight is 417 g/mol. The Bertz CT molecular complexity index is 1370. The van der Waals surface area contributed by atoms with Gasteiger partial charge in [-0.05, 0) is 36.8 Å². The van der Waals surface area contributed by atoms with Gasteiger partial charge in [0.15, 0.2) is 11.2 Å². The first-order chi connectivity index (χ1) is 15.1. The van der Waals surface area contributed by atoms with Crippen LogP contribution in [0.3, 0.4) is 0 Å². The van der Waals surface area contributed by atoms with Crippen molar-refractivity contribution in [3.05, 3.63) is 81.0 Å². The molecule has 1 aliphatic rings. The van der Waals surface area contributed by atoms with Crippen molar-refractivity contribution in [2.75, 3.05) is 18.1 Å². The summed E-state index contributed by atoms with van der Waals surface area (Å²) in [5.41, 5.74) is 2.05. The highest BCUT2D eigenvalue weighted by Crippen LogP contribution is 2.32. The SMILES string of the molecule is CCOc1ccc(N2CCn3c2nc2c3c(=O)n(Cc3ccccc3)c(=O)n2C)cc1. The van der Waals surface area contributed by atoms with E-state index in [4.69, 9.17) is 4.74 Å². The molecule has 2 aromatic heterocycles. The summed E-state index contributed by atoms with van der Waals surface area (Å²) in [6.45, 7) is 4.12. The molecule has 3 heterocycles. The van der Waals surface area contributed by atoms with E-state index in [2.05, 4.69) is 9.88 Å². The summed E-state index contributed by atoms with van der Waals surface area (Å²) in [6, 6.07) is 17.3. The Labute approximate surface area is 178 Å². The number of aryl methyl sites for hydroxylation is 1. The zero-order chi connectivity index (χ0) is 21.5. The largest absolute Gasteiger partial charge is 0.494 e. The van der Waals surface area contributed by atoms with Crippen LogP contribution in [0.5, 0.6) is 5.75 Å². The van der Waals surface area contributed by atoms with Crippen LogP contribution in [0, 0.1) is 0 Å². The number of aromatic nitrogens is 4. The highest BCUT2D eigenvalue weighted by Gasteiger charge is 2.28.